The van der Waals surface area contributed by atoms with Gasteiger partial charge >= 0.3 is 0 Å². The summed E-state index contributed by atoms with van der Waals surface area (Å²) in [5.74, 6) is 1.91. The Kier molecular flexibility index (Phi) is 32.2. The predicted octanol–water partition coefficient (Wildman–Crippen LogP) is 14.4. The molecule has 0 heterocycles. The molecule has 0 aliphatic heterocycles. The van der Waals surface area contributed by atoms with Crippen molar-refractivity contribution < 1.29 is 0 Å². The number of unbranched alkanes of at least 4 members (excludes halogenated alkanes) is 24. The molecule has 37 heavy (non-hydrogen) atoms. The first-order valence-corrected chi connectivity index (χ1v) is 18.2. The van der Waals surface area contributed by atoms with E-state index in [4.69, 9.17) is 0 Å². The summed E-state index contributed by atoms with van der Waals surface area (Å²) in [6.45, 7) is 9.64. The Hall–Kier alpha value is 0. The van der Waals surface area contributed by atoms with Crippen LogP contribution in [0.3, 0.4) is 0 Å². The van der Waals surface area contributed by atoms with Gasteiger partial charge in [0.15, 0.2) is 0 Å². The van der Waals surface area contributed by atoms with E-state index in [9.17, 15) is 0 Å². The van der Waals surface area contributed by atoms with Crippen LogP contribution in [0.15, 0.2) is 0 Å². The second kappa shape index (κ2) is 32.2. The molecular weight excluding hydrogens is 444 g/mol. The molecule has 0 saturated heterocycles. The molecule has 0 aromatic heterocycles. The van der Waals surface area contributed by atoms with Crippen LogP contribution in [-0.2, 0) is 0 Å². The van der Waals surface area contributed by atoms with Crippen molar-refractivity contribution in [1.82, 2.24) is 0 Å². The van der Waals surface area contributed by atoms with Crippen molar-refractivity contribution in [1.29, 1.82) is 0 Å². The maximum absolute atomic E-state index is 2.51. The summed E-state index contributed by atoms with van der Waals surface area (Å²) in [5.41, 5.74) is 0. The topological polar surface area (TPSA) is 0 Å². The van der Waals surface area contributed by atoms with E-state index >= 15 is 0 Å². The maximum Gasteiger partial charge on any atom is -0.0443 e. The molecule has 0 bridgehead atoms. The van der Waals surface area contributed by atoms with Gasteiger partial charge in [0.2, 0.25) is 0 Å². The van der Waals surface area contributed by atoms with Crippen LogP contribution in [0.5, 0.6) is 0 Å². The van der Waals surface area contributed by atoms with Crippen LogP contribution in [0.1, 0.15) is 227 Å². The third-order valence-electron chi connectivity index (χ3n) is 8.99. The average molecular weight is 521 g/mol. The Bertz CT molecular complexity index is 385. The van der Waals surface area contributed by atoms with Gasteiger partial charge in [0.1, 0.15) is 0 Å². The van der Waals surface area contributed by atoms with Crippen molar-refractivity contribution in [3.8, 4) is 0 Å². The number of hydrogen-bond donors (Lipinski definition) is 0. The summed E-state index contributed by atoms with van der Waals surface area (Å²) in [6, 6.07) is 0. The van der Waals surface area contributed by atoms with Gasteiger partial charge in [0.25, 0.3) is 0 Å². The standard InChI is InChI=1S/C37H76/c1-5-7-9-11-13-15-17-19-20-22-24-26-28-30-33-37(4)35-31-34-36(3)32-29-27-25-23-21-18-16-14-12-10-8-6-2/h36-37H,5-35H2,1-4H3/t36-,37-/m1/s1. The largest absolute Gasteiger partial charge is 0.0654 e. The van der Waals surface area contributed by atoms with Gasteiger partial charge < -0.3 is 0 Å². The van der Waals surface area contributed by atoms with E-state index in [2.05, 4.69) is 27.7 Å². The van der Waals surface area contributed by atoms with Crippen LogP contribution in [0.4, 0.5) is 0 Å². The van der Waals surface area contributed by atoms with E-state index in [1.54, 1.807) is 0 Å². The molecule has 2 atom stereocenters. The summed E-state index contributed by atoms with van der Waals surface area (Å²) >= 11 is 0. The lowest BCUT2D eigenvalue weighted by Crippen LogP contribution is -1.99. The van der Waals surface area contributed by atoms with Gasteiger partial charge in [-0.3, -0.25) is 0 Å². The fourth-order valence-corrected chi connectivity index (χ4v) is 6.12. The SMILES string of the molecule is CCCCCCCCCCCCCCCC[C@@H](C)CCC[C@H](C)CCCCCCCCCCCCCC. The smallest absolute Gasteiger partial charge is 0.0443 e. The molecule has 0 N–H and O–H groups in total. The minimum Gasteiger partial charge on any atom is -0.0654 e. The van der Waals surface area contributed by atoms with E-state index in [0.29, 0.717) is 0 Å². The van der Waals surface area contributed by atoms with E-state index in [1.165, 1.54) is 199 Å². The van der Waals surface area contributed by atoms with Crippen LogP contribution in [0.25, 0.3) is 0 Å². The first-order chi connectivity index (χ1) is 18.2. The van der Waals surface area contributed by atoms with E-state index in [1.807, 2.05) is 0 Å². The number of rotatable bonds is 32. The van der Waals surface area contributed by atoms with Crippen molar-refractivity contribution in [2.45, 2.75) is 227 Å². The fraction of sp³-hybridized carbons (Fsp3) is 1.00. The first kappa shape index (κ1) is 37.0. The van der Waals surface area contributed by atoms with Gasteiger partial charge in [0.05, 0.1) is 0 Å². The minimum absolute atomic E-state index is 0.955. The van der Waals surface area contributed by atoms with Crippen LogP contribution < -0.4 is 0 Å². The lowest BCUT2D eigenvalue weighted by molar-refractivity contribution is 0.390. The van der Waals surface area contributed by atoms with Crippen molar-refractivity contribution in [3.63, 3.8) is 0 Å². The highest BCUT2D eigenvalue weighted by atomic mass is 14.1. The van der Waals surface area contributed by atoms with E-state index in [0.717, 1.165) is 11.8 Å². The third kappa shape index (κ3) is 32.1. The Morgan fingerprint density at radius 2 is 0.432 bits per heavy atom. The molecule has 0 saturated carbocycles. The Balaban J connectivity index is 3.26. The van der Waals surface area contributed by atoms with Gasteiger partial charge in [-0.2, -0.15) is 0 Å². The molecular formula is C37H76. The molecule has 0 fully saturated rings. The van der Waals surface area contributed by atoms with Gasteiger partial charge in [0, 0.05) is 0 Å². The molecule has 0 heteroatoms. The molecule has 0 radical (unpaired) electrons. The summed E-state index contributed by atoms with van der Waals surface area (Å²) in [6.07, 6.45) is 45.6. The zero-order chi connectivity index (χ0) is 27.1. The Labute approximate surface area is 238 Å². The van der Waals surface area contributed by atoms with Crippen LogP contribution in [0, 0.1) is 11.8 Å². The molecule has 0 aliphatic carbocycles. The second-order valence-corrected chi connectivity index (χ2v) is 13.2. The Morgan fingerprint density at radius 3 is 0.676 bits per heavy atom. The van der Waals surface area contributed by atoms with Gasteiger partial charge in [-0.1, -0.05) is 227 Å². The molecule has 0 rings (SSSR count). The zero-order valence-corrected chi connectivity index (χ0v) is 27.1. The summed E-state index contributed by atoms with van der Waals surface area (Å²) in [4.78, 5) is 0. The normalized spacial score (nSPS) is 13.3. The minimum atomic E-state index is 0.955. The highest BCUT2D eigenvalue weighted by Crippen LogP contribution is 2.22. The van der Waals surface area contributed by atoms with Crippen molar-refractivity contribution in [3.05, 3.63) is 0 Å². The highest BCUT2D eigenvalue weighted by molar-refractivity contribution is 4.60. The predicted molar refractivity (Wildman–Crippen MR) is 173 cm³/mol. The Morgan fingerprint density at radius 1 is 0.243 bits per heavy atom. The van der Waals surface area contributed by atoms with E-state index < -0.39 is 0 Å². The van der Waals surface area contributed by atoms with Crippen LogP contribution in [0.2, 0.25) is 0 Å². The quantitative estimate of drug-likeness (QED) is 0.0773. The van der Waals surface area contributed by atoms with Crippen LogP contribution >= 0.6 is 0 Å². The van der Waals surface area contributed by atoms with Gasteiger partial charge in [-0.25, -0.2) is 0 Å². The molecule has 224 valence electrons. The number of hydrogen-bond acceptors (Lipinski definition) is 0. The van der Waals surface area contributed by atoms with Crippen molar-refractivity contribution in [2.24, 2.45) is 11.8 Å². The summed E-state index contributed by atoms with van der Waals surface area (Å²) in [5, 5.41) is 0. The molecule has 0 spiro atoms. The van der Waals surface area contributed by atoms with Crippen LogP contribution in [-0.4, -0.2) is 0 Å². The van der Waals surface area contributed by atoms with Gasteiger partial charge in [-0.05, 0) is 11.8 Å². The average Bonchev–Trinajstić information content (AvgIpc) is 2.89. The molecule has 0 aromatic rings. The first-order valence-electron chi connectivity index (χ1n) is 18.2. The molecule has 0 aromatic carbocycles. The molecule has 0 unspecified atom stereocenters. The van der Waals surface area contributed by atoms with Crippen molar-refractivity contribution >= 4 is 0 Å². The summed E-state index contributed by atoms with van der Waals surface area (Å²) in [7, 11) is 0. The highest BCUT2D eigenvalue weighted by Gasteiger charge is 2.06. The molecule has 0 nitrogen and oxygen atoms in total. The van der Waals surface area contributed by atoms with E-state index in [-0.39, 0.29) is 0 Å². The second-order valence-electron chi connectivity index (χ2n) is 13.2. The zero-order valence-electron chi connectivity index (χ0n) is 27.1. The molecule has 0 amide bonds. The van der Waals surface area contributed by atoms with Crippen molar-refractivity contribution in [2.75, 3.05) is 0 Å². The lowest BCUT2D eigenvalue weighted by Gasteiger charge is -2.14. The third-order valence-corrected chi connectivity index (χ3v) is 8.99. The monoisotopic (exact) mass is 521 g/mol. The molecule has 0 aliphatic rings. The lowest BCUT2D eigenvalue weighted by atomic mass is 9.92. The summed E-state index contributed by atoms with van der Waals surface area (Å²) < 4.78 is 0. The van der Waals surface area contributed by atoms with Gasteiger partial charge in [-0.15, -0.1) is 0 Å². The maximum atomic E-state index is 2.51. The fourth-order valence-electron chi connectivity index (χ4n) is 6.12.